The first kappa shape index (κ1) is 15.9. The summed E-state index contributed by atoms with van der Waals surface area (Å²) < 4.78 is 1.78. The zero-order valence-corrected chi connectivity index (χ0v) is 15.0. The number of aryl methyl sites for hydroxylation is 1. The molecule has 3 rings (SSSR count). The maximum absolute atomic E-state index is 6.56. The largest absolute Gasteiger partial charge is 0.322 e. The minimum absolute atomic E-state index is 0.130. The molecular formula is C18H21ClN4. The number of halogens is 1. The second kappa shape index (κ2) is 5.28. The Morgan fingerprint density at radius 3 is 2.65 bits per heavy atom. The van der Waals surface area contributed by atoms with Crippen molar-refractivity contribution in [2.75, 3.05) is 6.54 Å². The summed E-state index contributed by atoms with van der Waals surface area (Å²) in [4.78, 5) is 7.08. The van der Waals surface area contributed by atoms with Gasteiger partial charge in [-0.1, -0.05) is 17.7 Å². The molecule has 0 amide bonds. The average Bonchev–Trinajstić information content (AvgIpc) is 2.96. The van der Waals surface area contributed by atoms with Gasteiger partial charge in [0.1, 0.15) is 22.2 Å². The van der Waals surface area contributed by atoms with Crippen LogP contribution in [0.4, 0.5) is 0 Å². The van der Waals surface area contributed by atoms with Crippen molar-refractivity contribution in [1.82, 2.24) is 14.7 Å². The summed E-state index contributed by atoms with van der Waals surface area (Å²) in [5.41, 5.74) is 4.55. The molecule has 0 saturated heterocycles. The lowest BCUT2D eigenvalue weighted by atomic mass is 10.0. The topological polar surface area (TPSA) is 33.4 Å². The number of terminal acetylenes is 1. The molecule has 120 valence electrons. The Morgan fingerprint density at radius 1 is 1.39 bits per heavy atom. The Labute approximate surface area is 142 Å². The van der Waals surface area contributed by atoms with Crippen molar-refractivity contribution in [2.24, 2.45) is 4.99 Å². The molecule has 0 radical (unpaired) electrons. The Morgan fingerprint density at radius 2 is 2.09 bits per heavy atom. The predicted molar refractivity (Wildman–Crippen MR) is 95.4 cm³/mol. The molecule has 1 aromatic rings. The fourth-order valence-electron chi connectivity index (χ4n) is 3.27. The second-order valence-corrected chi connectivity index (χ2v) is 7.04. The quantitative estimate of drug-likeness (QED) is 0.775. The van der Waals surface area contributed by atoms with E-state index in [0.29, 0.717) is 17.3 Å². The number of allylic oxidation sites excluding steroid dienone is 2. The summed E-state index contributed by atoms with van der Waals surface area (Å²) in [6.07, 6.45) is 7.76. The first-order valence-corrected chi connectivity index (χ1v) is 8.17. The Bertz CT molecular complexity index is 815. The minimum Gasteiger partial charge on any atom is -0.322 e. The zero-order chi connectivity index (χ0) is 16.9. The van der Waals surface area contributed by atoms with Crippen molar-refractivity contribution in [3.63, 3.8) is 0 Å². The van der Waals surface area contributed by atoms with Crippen LogP contribution in [-0.2, 0) is 6.54 Å². The molecule has 0 fully saturated rings. The molecule has 0 saturated carbocycles. The molecule has 0 unspecified atom stereocenters. The van der Waals surface area contributed by atoms with Crippen LogP contribution in [0.1, 0.15) is 46.0 Å². The van der Waals surface area contributed by atoms with Gasteiger partial charge in [0.2, 0.25) is 0 Å². The van der Waals surface area contributed by atoms with Gasteiger partial charge in [0.15, 0.2) is 0 Å². The van der Waals surface area contributed by atoms with E-state index < -0.39 is 0 Å². The summed E-state index contributed by atoms with van der Waals surface area (Å²) in [6, 6.07) is 0. The van der Waals surface area contributed by atoms with Gasteiger partial charge in [-0.15, -0.1) is 6.42 Å². The van der Waals surface area contributed by atoms with Crippen molar-refractivity contribution in [3.8, 4) is 12.3 Å². The van der Waals surface area contributed by atoms with Crippen LogP contribution in [-0.4, -0.2) is 32.6 Å². The number of aromatic nitrogens is 2. The summed E-state index contributed by atoms with van der Waals surface area (Å²) in [5, 5.41) is 5.21. The van der Waals surface area contributed by atoms with E-state index in [9.17, 15) is 0 Å². The molecule has 0 aromatic carbocycles. The Hall–Kier alpha value is -1.99. The van der Waals surface area contributed by atoms with E-state index >= 15 is 0 Å². The second-order valence-electron chi connectivity index (χ2n) is 6.66. The van der Waals surface area contributed by atoms with Crippen LogP contribution < -0.4 is 0 Å². The van der Waals surface area contributed by atoms with E-state index in [4.69, 9.17) is 23.0 Å². The van der Waals surface area contributed by atoms with E-state index in [2.05, 4.69) is 49.7 Å². The molecule has 0 spiro atoms. The molecule has 0 N–H and O–H groups in total. The van der Waals surface area contributed by atoms with Crippen molar-refractivity contribution >= 4 is 23.1 Å². The molecule has 5 heteroatoms. The molecule has 3 heterocycles. The van der Waals surface area contributed by atoms with E-state index in [0.717, 1.165) is 29.3 Å². The number of rotatable bonds is 2. The summed E-state index contributed by atoms with van der Waals surface area (Å²) in [5.74, 6) is 3.66. The SMILES string of the molecule is C#Cc1c(Cl)c(C2=C(C)C=C(C)C3=NC(C)(C)CN32)nn1CC. The van der Waals surface area contributed by atoms with Gasteiger partial charge >= 0.3 is 0 Å². The molecule has 23 heavy (non-hydrogen) atoms. The lowest BCUT2D eigenvalue weighted by molar-refractivity contribution is 0.459. The summed E-state index contributed by atoms with van der Waals surface area (Å²) in [6.45, 7) is 11.9. The molecule has 1 aromatic heterocycles. The number of amidine groups is 1. The molecule has 0 atom stereocenters. The van der Waals surface area contributed by atoms with Crippen LogP contribution in [0, 0.1) is 12.3 Å². The predicted octanol–water partition coefficient (Wildman–Crippen LogP) is 3.72. The number of aliphatic imine (C=N–C) groups is 1. The van der Waals surface area contributed by atoms with Crippen LogP contribution >= 0.6 is 11.6 Å². The highest BCUT2D eigenvalue weighted by atomic mass is 35.5. The zero-order valence-electron chi connectivity index (χ0n) is 14.2. The highest BCUT2D eigenvalue weighted by molar-refractivity contribution is 6.33. The number of nitrogens with zero attached hydrogens (tertiary/aromatic N) is 4. The Kier molecular flexibility index (Phi) is 3.65. The van der Waals surface area contributed by atoms with Gasteiger partial charge in [0.05, 0.1) is 11.2 Å². The monoisotopic (exact) mass is 328 g/mol. The lowest BCUT2D eigenvalue weighted by Gasteiger charge is -2.29. The molecule has 2 aliphatic heterocycles. The average molecular weight is 329 g/mol. The van der Waals surface area contributed by atoms with E-state index in [1.165, 1.54) is 5.57 Å². The fraction of sp³-hybridized carbons (Fsp3) is 0.444. The Balaban J connectivity index is 2.21. The van der Waals surface area contributed by atoms with Gasteiger partial charge in [-0.05, 0) is 51.7 Å². The standard InChI is InChI=1S/C18H21ClN4/c1-7-13-14(19)15(21-23(13)8-2)16-11(3)9-12(4)17-20-18(5,6)10-22(16)17/h1,9H,8,10H2,2-6H3. The summed E-state index contributed by atoms with van der Waals surface area (Å²) in [7, 11) is 0. The first-order chi connectivity index (χ1) is 10.8. The molecule has 2 aliphatic rings. The van der Waals surface area contributed by atoms with Crippen LogP contribution in [0.5, 0.6) is 0 Å². The molecular weight excluding hydrogens is 308 g/mol. The number of hydrogen-bond acceptors (Lipinski definition) is 3. The number of hydrogen-bond donors (Lipinski definition) is 0. The molecule has 0 aliphatic carbocycles. The van der Waals surface area contributed by atoms with Crippen LogP contribution in [0.25, 0.3) is 5.70 Å². The maximum Gasteiger partial charge on any atom is 0.131 e. The minimum atomic E-state index is -0.130. The summed E-state index contributed by atoms with van der Waals surface area (Å²) >= 11 is 6.56. The van der Waals surface area contributed by atoms with E-state index in [1.54, 1.807) is 4.68 Å². The highest BCUT2D eigenvalue weighted by Crippen LogP contribution is 2.39. The van der Waals surface area contributed by atoms with Crippen molar-refractivity contribution in [2.45, 2.75) is 46.7 Å². The van der Waals surface area contributed by atoms with Gasteiger partial charge in [0, 0.05) is 13.1 Å². The smallest absolute Gasteiger partial charge is 0.131 e. The van der Waals surface area contributed by atoms with Crippen molar-refractivity contribution in [3.05, 3.63) is 33.6 Å². The molecule has 0 bridgehead atoms. The van der Waals surface area contributed by atoms with Gasteiger partial charge in [0.25, 0.3) is 0 Å². The maximum atomic E-state index is 6.56. The van der Waals surface area contributed by atoms with Crippen LogP contribution in [0.3, 0.4) is 0 Å². The third kappa shape index (κ3) is 2.40. The third-order valence-electron chi connectivity index (χ3n) is 4.19. The van der Waals surface area contributed by atoms with Crippen molar-refractivity contribution in [1.29, 1.82) is 0 Å². The van der Waals surface area contributed by atoms with Gasteiger partial charge < -0.3 is 4.90 Å². The van der Waals surface area contributed by atoms with Crippen molar-refractivity contribution < 1.29 is 0 Å². The van der Waals surface area contributed by atoms with Gasteiger partial charge in [-0.2, -0.15) is 5.10 Å². The lowest BCUT2D eigenvalue weighted by Crippen LogP contribution is -2.34. The number of fused-ring (bicyclic) bond motifs is 1. The molecule has 4 nitrogen and oxygen atoms in total. The van der Waals surface area contributed by atoms with E-state index in [1.807, 2.05) is 6.92 Å². The van der Waals surface area contributed by atoms with E-state index in [-0.39, 0.29) is 5.54 Å². The highest BCUT2D eigenvalue weighted by Gasteiger charge is 2.38. The van der Waals surface area contributed by atoms with Gasteiger partial charge in [-0.3, -0.25) is 9.67 Å². The van der Waals surface area contributed by atoms with Gasteiger partial charge in [-0.25, -0.2) is 0 Å². The normalized spacial score (nSPS) is 19.4. The third-order valence-corrected chi connectivity index (χ3v) is 4.55. The fourth-order valence-corrected chi connectivity index (χ4v) is 3.55. The first-order valence-electron chi connectivity index (χ1n) is 7.79. The van der Waals surface area contributed by atoms with Crippen LogP contribution in [0.2, 0.25) is 5.02 Å². The van der Waals surface area contributed by atoms with Crippen LogP contribution in [0.15, 0.2) is 22.2 Å².